The maximum Gasteiger partial charge on any atom is 0.242 e. The monoisotopic (exact) mass is 250 g/mol. The molecule has 0 saturated carbocycles. The van der Waals surface area contributed by atoms with Crippen LogP contribution in [0.2, 0.25) is 0 Å². The van der Waals surface area contributed by atoms with Crippen LogP contribution in [-0.4, -0.2) is 33.3 Å². The number of H-pyrrole nitrogens is 1. The van der Waals surface area contributed by atoms with E-state index >= 15 is 0 Å². The summed E-state index contributed by atoms with van der Waals surface area (Å²) in [6.07, 6.45) is -0.798. The quantitative estimate of drug-likeness (QED) is 0.753. The van der Waals surface area contributed by atoms with E-state index in [1.807, 2.05) is 0 Å². The molecular weight excluding hydrogens is 236 g/mol. The van der Waals surface area contributed by atoms with E-state index in [9.17, 15) is 9.90 Å². The number of aromatic amines is 1. The molecule has 7 heteroatoms. The van der Waals surface area contributed by atoms with Gasteiger partial charge in [0.25, 0.3) is 0 Å². The topological polar surface area (TPSA) is 100 Å². The average Bonchev–Trinajstić information content (AvgIpc) is 2.69. The third-order valence-electron chi connectivity index (χ3n) is 2.43. The Morgan fingerprint density at radius 2 is 2.33 bits per heavy atom. The number of methoxy groups -OCH3 is 1. The lowest BCUT2D eigenvalue weighted by atomic mass is 10.1. The zero-order chi connectivity index (χ0) is 13.3. The molecule has 0 saturated heterocycles. The Bertz CT molecular complexity index is 591. The lowest BCUT2D eigenvalue weighted by molar-refractivity contribution is -0.114. The van der Waals surface area contributed by atoms with Crippen molar-refractivity contribution in [3.63, 3.8) is 0 Å². The third kappa shape index (κ3) is 2.12. The van der Waals surface area contributed by atoms with Crippen molar-refractivity contribution in [1.29, 1.82) is 0 Å². The molecule has 0 bridgehead atoms. The molecule has 0 aliphatic carbocycles. The van der Waals surface area contributed by atoms with Gasteiger partial charge in [-0.3, -0.25) is 9.89 Å². The Labute approximate surface area is 103 Å². The van der Waals surface area contributed by atoms with Crippen molar-refractivity contribution in [1.82, 2.24) is 15.2 Å². The second kappa shape index (κ2) is 4.61. The standard InChI is InChI=1S/C11H14N4O3/c1-5(16)10-9-7(14-15-11(9)18-3)4-8(13-10)12-6(2)17/h4-5,16H,1-3H3,(H,14,15)(H,12,13,17)/t5-/m0/s1. The Kier molecular flexibility index (Phi) is 3.15. The minimum Gasteiger partial charge on any atom is -0.479 e. The second-order valence-electron chi connectivity index (χ2n) is 3.91. The first-order valence-electron chi connectivity index (χ1n) is 5.41. The molecule has 2 rings (SSSR count). The smallest absolute Gasteiger partial charge is 0.242 e. The van der Waals surface area contributed by atoms with Crippen molar-refractivity contribution in [2.45, 2.75) is 20.0 Å². The number of carbonyl (C=O) groups excluding carboxylic acids is 1. The lowest BCUT2D eigenvalue weighted by Gasteiger charge is -2.09. The van der Waals surface area contributed by atoms with Gasteiger partial charge in [0.05, 0.1) is 29.8 Å². The first-order valence-corrected chi connectivity index (χ1v) is 5.41. The summed E-state index contributed by atoms with van der Waals surface area (Å²) in [6.45, 7) is 2.98. The number of carbonyl (C=O) groups is 1. The van der Waals surface area contributed by atoms with E-state index in [0.717, 1.165) is 0 Å². The molecule has 0 fully saturated rings. The SMILES string of the molecule is COc1n[nH]c2cc(NC(C)=O)nc([C@H](C)O)c12. The van der Waals surface area contributed by atoms with Gasteiger partial charge in [0.1, 0.15) is 5.82 Å². The van der Waals surface area contributed by atoms with E-state index in [4.69, 9.17) is 4.74 Å². The van der Waals surface area contributed by atoms with E-state index in [1.165, 1.54) is 14.0 Å². The maximum atomic E-state index is 11.0. The van der Waals surface area contributed by atoms with Gasteiger partial charge in [-0.05, 0) is 6.92 Å². The number of hydrogen-bond acceptors (Lipinski definition) is 5. The van der Waals surface area contributed by atoms with Gasteiger partial charge in [-0.2, -0.15) is 0 Å². The normalized spacial score (nSPS) is 12.4. The predicted octanol–water partition coefficient (Wildman–Crippen LogP) is 0.978. The van der Waals surface area contributed by atoms with Gasteiger partial charge in [-0.15, -0.1) is 5.10 Å². The number of aromatic nitrogens is 3. The van der Waals surface area contributed by atoms with Crippen LogP contribution in [0.5, 0.6) is 5.88 Å². The van der Waals surface area contributed by atoms with Crippen molar-refractivity contribution >= 4 is 22.6 Å². The van der Waals surface area contributed by atoms with Gasteiger partial charge in [0.15, 0.2) is 0 Å². The molecule has 2 heterocycles. The van der Waals surface area contributed by atoms with Crippen LogP contribution in [0.15, 0.2) is 6.07 Å². The molecular formula is C11H14N4O3. The highest BCUT2D eigenvalue weighted by atomic mass is 16.5. The molecule has 1 atom stereocenters. The number of nitrogens with zero attached hydrogens (tertiary/aromatic N) is 2. The van der Waals surface area contributed by atoms with Crippen LogP contribution in [0.1, 0.15) is 25.6 Å². The van der Waals surface area contributed by atoms with Crippen molar-refractivity contribution in [2.75, 3.05) is 12.4 Å². The van der Waals surface area contributed by atoms with Gasteiger partial charge in [0, 0.05) is 13.0 Å². The van der Waals surface area contributed by atoms with E-state index in [1.54, 1.807) is 13.0 Å². The number of ether oxygens (including phenoxy) is 1. The maximum absolute atomic E-state index is 11.0. The van der Waals surface area contributed by atoms with Crippen LogP contribution in [0, 0.1) is 0 Å². The first-order chi connectivity index (χ1) is 8.52. The molecule has 2 aromatic rings. The van der Waals surface area contributed by atoms with Crippen LogP contribution in [0.3, 0.4) is 0 Å². The molecule has 96 valence electrons. The lowest BCUT2D eigenvalue weighted by Crippen LogP contribution is -2.09. The van der Waals surface area contributed by atoms with E-state index in [0.29, 0.717) is 28.3 Å². The molecule has 0 aliphatic heterocycles. The summed E-state index contributed by atoms with van der Waals surface area (Å²) in [5, 5.41) is 19.7. The van der Waals surface area contributed by atoms with Crippen molar-refractivity contribution in [3.05, 3.63) is 11.8 Å². The van der Waals surface area contributed by atoms with Crippen molar-refractivity contribution < 1.29 is 14.6 Å². The minimum absolute atomic E-state index is 0.232. The Balaban J connectivity index is 2.64. The molecule has 0 aromatic carbocycles. The van der Waals surface area contributed by atoms with Crippen molar-refractivity contribution in [3.8, 4) is 5.88 Å². The Morgan fingerprint density at radius 3 is 2.89 bits per heavy atom. The van der Waals surface area contributed by atoms with Crippen LogP contribution in [0.25, 0.3) is 10.9 Å². The average molecular weight is 250 g/mol. The molecule has 2 aromatic heterocycles. The molecule has 0 radical (unpaired) electrons. The molecule has 0 unspecified atom stereocenters. The number of nitrogens with one attached hydrogen (secondary N) is 2. The summed E-state index contributed by atoms with van der Waals surface area (Å²) < 4.78 is 5.10. The number of anilines is 1. The van der Waals surface area contributed by atoms with Gasteiger partial charge < -0.3 is 15.2 Å². The Hall–Kier alpha value is -2.15. The summed E-state index contributed by atoms with van der Waals surface area (Å²) in [7, 11) is 1.49. The van der Waals surface area contributed by atoms with Gasteiger partial charge in [0.2, 0.25) is 11.8 Å². The van der Waals surface area contributed by atoms with Crippen LogP contribution in [0.4, 0.5) is 5.82 Å². The highest BCUT2D eigenvalue weighted by molar-refractivity contribution is 5.93. The number of pyridine rings is 1. The number of amides is 1. The zero-order valence-corrected chi connectivity index (χ0v) is 10.3. The van der Waals surface area contributed by atoms with Crippen LogP contribution >= 0.6 is 0 Å². The number of fused-ring (bicyclic) bond motifs is 1. The molecule has 1 amide bonds. The number of aliphatic hydroxyl groups is 1. The van der Waals surface area contributed by atoms with E-state index in [-0.39, 0.29) is 5.91 Å². The van der Waals surface area contributed by atoms with Crippen LogP contribution in [-0.2, 0) is 4.79 Å². The van der Waals surface area contributed by atoms with Gasteiger partial charge in [-0.25, -0.2) is 4.98 Å². The third-order valence-corrected chi connectivity index (χ3v) is 2.43. The summed E-state index contributed by atoms with van der Waals surface area (Å²) in [6, 6.07) is 1.64. The molecule has 7 nitrogen and oxygen atoms in total. The highest BCUT2D eigenvalue weighted by Crippen LogP contribution is 2.30. The molecule has 0 spiro atoms. The van der Waals surface area contributed by atoms with E-state index < -0.39 is 6.10 Å². The van der Waals surface area contributed by atoms with Crippen LogP contribution < -0.4 is 10.1 Å². The molecule has 18 heavy (non-hydrogen) atoms. The second-order valence-corrected chi connectivity index (χ2v) is 3.91. The summed E-state index contributed by atoms with van der Waals surface area (Å²) in [5.41, 5.74) is 1.04. The predicted molar refractivity (Wildman–Crippen MR) is 65.4 cm³/mol. The highest BCUT2D eigenvalue weighted by Gasteiger charge is 2.17. The largest absolute Gasteiger partial charge is 0.479 e. The summed E-state index contributed by atoms with van der Waals surface area (Å²) in [5.74, 6) is 0.491. The molecule has 0 aliphatic rings. The summed E-state index contributed by atoms with van der Waals surface area (Å²) in [4.78, 5) is 15.2. The number of rotatable bonds is 3. The fourth-order valence-electron chi connectivity index (χ4n) is 1.74. The number of hydrogen-bond donors (Lipinski definition) is 3. The fraction of sp³-hybridized carbons (Fsp3) is 0.364. The molecule has 3 N–H and O–H groups in total. The minimum atomic E-state index is -0.798. The van der Waals surface area contributed by atoms with Gasteiger partial charge in [-0.1, -0.05) is 0 Å². The summed E-state index contributed by atoms with van der Waals surface area (Å²) >= 11 is 0. The Morgan fingerprint density at radius 1 is 1.61 bits per heavy atom. The zero-order valence-electron chi connectivity index (χ0n) is 10.3. The van der Waals surface area contributed by atoms with Gasteiger partial charge >= 0.3 is 0 Å². The van der Waals surface area contributed by atoms with Crippen molar-refractivity contribution in [2.24, 2.45) is 0 Å². The number of aliphatic hydroxyl groups excluding tert-OH is 1. The van der Waals surface area contributed by atoms with E-state index in [2.05, 4.69) is 20.5 Å². The first kappa shape index (κ1) is 12.3. The fourth-order valence-corrected chi connectivity index (χ4v) is 1.74.